The molecule has 1 aromatic carbocycles. The topological polar surface area (TPSA) is 20.2 Å². The van der Waals surface area contributed by atoms with Gasteiger partial charge in [-0.2, -0.15) is 0 Å². The third-order valence-electron chi connectivity index (χ3n) is 2.76. The maximum absolute atomic E-state index is 12.8. The van der Waals surface area contributed by atoms with Crippen LogP contribution in [-0.4, -0.2) is 11.2 Å². The smallest absolute Gasteiger partial charge is 0.159 e. The molecule has 15 heavy (non-hydrogen) atoms. The second-order valence-corrected chi connectivity index (χ2v) is 4.29. The molecular weight excluding hydrogens is 198 g/mol. The standard InChI is InChI=1S/C12H14F2O/c13-11-4-3-9(7-12(11)14)6-10(15)5-8-1-2-8/h3-4,7-8,10,15H,1-2,5-6H2. The van der Waals surface area contributed by atoms with Crippen LogP contribution in [0.3, 0.4) is 0 Å². The summed E-state index contributed by atoms with van der Waals surface area (Å²) in [5.74, 6) is -1.04. The minimum absolute atomic E-state index is 0.410. The van der Waals surface area contributed by atoms with E-state index in [0.717, 1.165) is 18.6 Å². The summed E-state index contributed by atoms with van der Waals surface area (Å²) in [6.45, 7) is 0. The summed E-state index contributed by atoms with van der Waals surface area (Å²) in [4.78, 5) is 0. The normalized spacial score (nSPS) is 17.8. The SMILES string of the molecule is OC(Cc1ccc(F)c(F)c1)CC1CC1. The maximum Gasteiger partial charge on any atom is 0.159 e. The predicted octanol–water partition coefficient (Wildman–Crippen LogP) is 2.67. The highest BCUT2D eigenvalue weighted by Gasteiger charge is 2.24. The van der Waals surface area contributed by atoms with Crippen molar-refractivity contribution in [3.8, 4) is 0 Å². The Morgan fingerprint density at radius 3 is 2.60 bits per heavy atom. The Morgan fingerprint density at radius 2 is 2.00 bits per heavy atom. The predicted molar refractivity (Wildman–Crippen MR) is 53.4 cm³/mol. The van der Waals surface area contributed by atoms with Crippen molar-refractivity contribution in [1.29, 1.82) is 0 Å². The van der Waals surface area contributed by atoms with Gasteiger partial charge in [-0.15, -0.1) is 0 Å². The molecule has 0 saturated heterocycles. The van der Waals surface area contributed by atoms with E-state index >= 15 is 0 Å². The second-order valence-electron chi connectivity index (χ2n) is 4.29. The highest BCUT2D eigenvalue weighted by atomic mass is 19.2. The lowest BCUT2D eigenvalue weighted by molar-refractivity contribution is 0.158. The Hall–Kier alpha value is -0.960. The molecular formula is C12H14F2O. The largest absolute Gasteiger partial charge is 0.393 e. The Morgan fingerprint density at radius 1 is 1.27 bits per heavy atom. The van der Waals surface area contributed by atoms with Gasteiger partial charge in [-0.25, -0.2) is 8.78 Å². The molecule has 0 heterocycles. The van der Waals surface area contributed by atoms with E-state index in [9.17, 15) is 13.9 Å². The zero-order valence-electron chi connectivity index (χ0n) is 8.42. The van der Waals surface area contributed by atoms with E-state index in [-0.39, 0.29) is 0 Å². The Labute approximate surface area is 87.7 Å². The van der Waals surface area contributed by atoms with Crippen molar-refractivity contribution < 1.29 is 13.9 Å². The fourth-order valence-corrected chi connectivity index (χ4v) is 1.76. The van der Waals surface area contributed by atoms with E-state index in [0.29, 0.717) is 17.9 Å². The summed E-state index contributed by atoms with van der Waals surface area (Å²) < 4.78 is 25.5. The van der Waals surface area contributed by atoms with Gasteiger partial charge in [0.05, 0.1) is 6.10 Å². The first-order valence-corrected chi connectivity index (χ1v) is 5.27. The van der Waals surface area contributed by atoms with Crippen molar-refractivity contribution in [2.75, 3.05) is 0 Å². The third-order valence-corrected chi connectivity index (χ3v) is 2.76. The van der Waals surface area contributed by atoms with Crippen LogP contribution in [0.25, 0.3) is 0 Å². The van der Waals surface area contributed by atoms with Gasteiger partial charge in [0.15, 0.2) is 11.6 Å². The molecule has 0 spiro atoms. The molecule has 1 atom stereocenters. The highest BCUT2D eigenvalue weighted by Crippen LogP contribution is 2.34. The summed E-state index contributed by atoms with van der Waals surface area (Å²) in [5, 5.41) is 9.66. The van der Waals surface area contributed by atoms with Crippen LogP contribution < -0.4 is 0 Å². The van der Waals surface area contributed by atoms with Gasteiger partial charge in [-0.1, -0.05) is 18.9 Å². The van der Waals surface area contributed by atoms with Crippen molar-refractivity contribution in [1.82, 2.24) is 0 Å². The van der Waals surface area contributed by atoms with E-state index in [1.807, 2.05) is 0 Å². The number of halogens is 2. The molecule has 1 aromatic rings. The van der Waals surface area contributed by atoms with Gasteiger partial charge >= 0.3 is 0 Å². The molecule has 1 unspecified atom stereocenters. The van der Waals surface area contributed by atoms with Crippen LogP contribution in [0.1, 0.15) is 24.8 Å². The van der Waals surface area contributed by atoms with Crippen LogP contribution in [0, 0.1) is 17.6 Å². The van der Waals surface area contributed by atoms with Crippen molar-refractivity contribution in [3.63, 3.8) is 0 Å². The van der Waals surface area contributed by atoms with Gasteiger partial charge < -0.3 is 5.11 Å². The van der Waals surface area contributed by atoms with Gasteiger partial charge in [0.25, 0.3) is 0 Å². The molecule has 3 heteroatoms. The van der Waals surface area contributed by atoms with Gasteiger partial charge in [0.1, 0.15) is 0 Å². The fraction of sp³-hybridized carbons (Fsp3) is 0.500. The van der Waals surface area contributed by atoms with Crippen LogP contribution in [0.15, 0.2) is 18.2 Å². The molecule has 1 nitrogen and oxygen atoms in total. The first-order chi connectivity index (χ1) is 7.15. The Kier molecular flexibility index (Phi) is 3.00. The summed E-state index contributed by atoms with van der Waals surface area (Å²) >= 11 is 0. The molecule has 0 bridgehead atoms. The summed E-state index contributed by atoms with van der Waals surface area (Å²) in [6.07, 6.45) is 3.14. The number of hydrogen-bond donors (Lipinski definition) is 1. The van der Waals surface area contributed by atoms with Crippen LogP contribution in [-0.2, 0) is 6.42 Å². The highest BCUT2D eigenvalue weighted by molar-refractivity contribution is 5.18. The number of rotatable bonds is 4. The molecule has 0 radical (unpaired) electrons. The number of aliphatic hydroxyl groups excluding tert-OH is 1. The van der Waals surface area contributed by atoms with Crippen LogP contribution in [0.2, 0.25) is 0 Å². The zero-order valence-corrected chi connectivity index (χ0v) is 8.42. The molecule has 1 N–H and O–H groups in total. The maximum atomic E-state index is 12.8. The zero-order chi connectivity index (χ0) is 10.8. The first kappa shape index (κ1) is 10.6. The Balaban J connectivity index is 1.93. The lowest BCUT2D eigenvalue weighted by atomic mass is 10.0. The van der Waals surface area contributed by atoms with Crippen molar-refractivity contribution >= 4 is 0 Å². The average Bonchev–Trinajstić information content (AvgIpc) is 2.95. The molecule has 82 valence electrons. The van der Waals surface area contributed by atoms with E-state index in [1.165, 1.54) is 18.9 Å². The van der Waals surface area contributed by atoms with Crippen LogP contribution >= 0.6 is 0 Å². The summed E-state index contributed by atoms with van der Waals surface area (Å²) in [6, 6.07) is 3.79. The monoisotopic (exact) mass is 212 g/mol. The van der Waals surface area contributed by atoms with Gasteiger partial charge in [0, 0.05) is 0 Å². The van der Waals surface area contributed by atoms with Crippen molar-refractivity contribution in [2.45, 2.75) is 31.8 Å². The molecule has 1 aliphatic carbocycles. The summed E-state index contributed by atoms with van der Waals surface area (Å²) in [7, 11) is 0. The third kappa shape index (κ3) is 2.99. The molecule has 1 aliphatic rings. The fourth-order valence-electron chi connectivity index (χ4n) is 1.76. The van der Waals surface area contributed by atoms with Crippen molar-refractivity contribution in [3.05, 3.63) is 35.4 Å². The minimum Gasteiger partial charge on any atom is -0.393 e. The first-order valence-electron chi connectivity index (χ1n) is 5.27. The van der Waals surface area contributed by atoms with Gasteiger partial charge in [-0.3, -0.25) is 0 Å². The lowest BCUT2D eigenvalue weighted by Crippen LogP contribution is -2.11. The van der Waals surface area contributed by atoms with Crippen LogP contribution in [0.4, 0.5) is 8.78 Å². The molecule has 0 aliphatic heterocycles. The van der Waals surface area contributed by atoms with E-state index in [1.54, 1.807) is 0 Å². The lowest BCUT2D eigenvalue weighted by Gasteiger charge is -2.09. The number of hydrogen-bond acceptors (Lipinski definition) is 1. The van der Waals surface area contributed by atoms with Gasteiger partial charge in [-0.05, 0) is 36.5 Å². The van der Waals surface area contributed by atoms with Gasteiger partial charge in [0.2, 0.25) is 0 Å². The number of aliphatic hydroxyl groups is 1. The van der Waals surface area contributed by atoms with Crippen molar-refractivity contribution in [2.24, 2.45) is 5.92 Å². The number of benzene rings is 1. The average molecular weight is 212 g/mol. The summed E-state index contributed by atoms with van der Waals surface area (Å²) in [5.41, 5.74) is 0.655. The Bertz CT molecular complexity index is 347. The van der Waals surface area contributed by atoms with E-state index in [2.05, 4.69) is 0 Å². The minimum atomic E-state index is -0.842. The van der Waals surface area contributed by atoms with E-state index < -0.39 is 17.7 Å². The quantitative estimate of drug-likeness (QED) is 0.813. The van der Waals surface area contributed by atoms with Crippen LogP contribution in [0.5, 0.6) is 0 Å². The molecule has 2 rings (SSSR count). The second kappa shape index (κ2) is 4.27. The molecule has 1 saturated carbocycles. The molecule has 0 aromatic heterocycles. The molecule has 1 fully saturated rings. The van der Waals surface area contributed by atoms with E-state index in [4.69, 9.17) is 0 Å². The molecule has 0 amide bonds.